The van der Waals surface area contributed by atoms with Gasteiger partial charge in [0.25, 0.3) is 0 Å². The predicted molar refractivity (Wildman–Crippen MR) is 102 cm³/mol. The van der Waals surface area contributed by atoms with E-state index in [9.17, 15) is 8.42 Å². The number of rotatable bonds is 2. The molecule has 0 amide bonds. The predicted octanol–water partition coefficient (Wildman–Crippen LogP) is 3.81. The van der Waals surface area contributed by atoms with Crippen molar-refractivity contribution in [2.75, 3.05) is 5.01 Å². The normalized spacial score (nSPS) is 22.6. The van der Waals surface area contributed by atoms with Crippen LogP contribution in [0.5, 0.6) is 0 Å². The summed E-state index contributed by atoms with van der Waals surface area (Å²) in [5, 5.41) is 5.94. The molecule has 0 saturated carbocycles. The quantitative estimate of drug-likeness (QED) is 0.698. The van der Waals surface area contributed by atoms with Gasteiger partial charge in [-0.1, -0.05) is 66.7 Å². The van der Waals surface area contributed by atoms with E-state index >= 15 is 0 Å². The molecule has 5 heteroatoms. The van der Waals surface area contributed by atoms with E-state index in [0.717, 1.165) is 16.8 Å². The van der Waals surface area contributed by atoms with E-state index in [0.29, 0.717) is 10.6 Å². The molecule has 0 aromatic heterocycles. The van der Waals surface area contributed by atoms with Crippen LogP contribution >= 0.6 is 0 Å². The van der Waals surface area contributed by atoms with E-state index in [4.69, 9.17) is 5.10 Å². The highest BCUT2D eigenvalue weighted by molar-refractivity contribution is 7.93. The molecule has 26 heavy (non-hydrogen) atoms. The first-order valence-electron chi connectivity index (χ1n) is 8.49. The molecule has 2 aliphatic rings. The molecule has 2 heterocycles. The molecular weight excluding hydrogens is 344 g/mol. The molecule has 2 unspecified atom stereocenters. The van der Waals surface area contributed by atoms with Crippen molar-refractivity contribution in [1.82, 2.24) is 0 Å². The maximum atomic E-state index is 13.3. The third-order valence-corrected chi connectivity index (χ3v) is 7.14. The molecule has 2 atom stereocenters. The summed E-state index contributed by atoms with van der Waals surface area (Å²) in [5.74, 6) is 0. The number of sulfone groups is 1. The van der Waals surface area contributed by atoms with Gasteiger partial charge in [-0.25, -0.2) is 8.42 Å². The third kappa shape index (κ3) is 2.07. The van der Waals surface area contributed by atoms with E-state index < -0.39 is 15.1 Å². The van der Waals surface area contributed by atoms with Crippen LogP contribution in [0.4, 0.5) is 5.69 Å². The molecule has 2 aliphatic heterocycles. The summed E-state index contributed by atoms with van der Waals surface area (Å²) in [4.78, 5) is 0.416. The Morgan fingerprint density at radius 1 is 0.769 bits per heavy atom. The summed E-state index contributed by atoms with van der Waals surface area (Å²) in [6, 6.07) is 26.3. The topological polar surface area (TPSA) is 49.7 Å². The lowest BCUT2D eigenvalue weighted by Gasteiger charge is -2.23. The van der Waals surface area contributed by atoms with Crippen molar-refractivity contribution in [2.24, 2.45) is 5.10 Å². The average Bonchev–Trinajstić information content (AvgIpc) is 3.20. The van der Waals surface area contributed by atoms with Crippen LogP contribution < -0.4 is 5.01 Å². The largest absolute Gasteiger partial charge is 0.256 e. The van der Waals surface area contributed by atoms with Crippen LogP contribution in [0.25, 0.3) is 0 Å². The molecule has 4 nitrogen and oxygen atoms in total. The van der Waals surface area contributed by atoms with Crippen molar-refractivity contribution in [2.45, 2.75) is 16.2 Å². The van der Waals surface area contributed by atoms with Gasteiger partial charge in [-0.3, -0.25) is 5.01 Å². The summed E-state index contributed by atoms with van der Waals surface area (Å²) < 4.78 is 26.6. The highest BCUT2D eigenvalue weighted by Crippen LogP contribution is 2.48. The fraction of sp³-hybridized carbons (Fsp3) is 0.0952. The van der Waals surface area contributed by atoms with Crippen molar-refractivity contribution in [3.8, 4) is 0 Å². The minimum Gasteiger partial charge on any atom is -0.256 e. The van der Waals surface area contributed by atoms with Crippen molar-refractivity contribution >= 4 is 21.2 Å². The fourth-order valence-corrected chi connectivity index (χ4v) is 6.01. The molecular formula is C21H16N2O2S. The molecule has 0 N–H and O–H groups in total. The van der Waals surface area contributed by atoms with Gasteiger partial charge in [-0.2, -0.15) is 5.10 Å². The molecule has 3 aromatic carbocycles. The summed E-state index contributed by atoms with van der Waals surface area (Å²) in [6.45, 7) is 0. The second kappa shape index (κ2) is 5.54. The Balaban J connectivity index is 1.76. The van der Waals surface area contributed by atoms with E-state index in [1.54, 1.807) is 12.1 Å². The highest BCUT2D eigenvalue weighted by Gasteiger charge is 2.54. The van der Waals surface area contributed by atoms with Gasteiger partial charge < -0.3 is 0 Å². The Morgan fingerprint density at radius 3 is 2.12 bits per heavy atom. The van der Waals surface area contributed by atoms with Crippen LogP contribution in [-0.2, 0) is 9.84 Å². The summed E-state index contributed by atoms with van der Waals surface area (Å²) in [6.07, 6.45) is 0. The molecule has 0 bridgehead atoms. The molecule has 0 spiro atoms. The SMILES string of the molecule is O=S1(=O)c2ccccc2C2C1C(c1ccccc1)=NN2c1ccccc1. The number of fused-ring (bicyclic) bond motifs is 3. The molecule has 0 aliphatic carbocycles. The lowest BCUT2D eigenvalue weighted by atomic mass is 9.98. The van der Waals surface area contributed by atoms with Crippen LogP contribution in [0.1, 0.15) is 17.2 Å². The number of hydrogen-bond donors (Lipinski definition) is 0. The lowest BCUT2D eigenvalue weighted by molar-refractivity contribution is 0.591. The van der Waals surface area contributed by atoms with Gasteiger partial charge in [0, 0.05) is 0 Å². The number of para-hydroxylation sites is 1. The van der Waals surface area contributed by atoms with Crippen molar-refractivity contribution in [3.05, 3.63) is 96.1 Å². The number of benzene rings is 3. The second-order valence-corrected chi connectivity index (χ2v) is 8.52. The minimum atomic E-state index is -3.49. The van der Waals surface area contributed by atoms with Gasteiger partial charge in [0.1, 0.15) is 11.3 Å². The van der Waals surface area contributed by atoms with Crippen LogP contribution in [0.3, 0.4) is 0 Å². The Bertz CT molecular complexity index is 1110. The zero-order valence-corrected chi connectivity index (χ0v) is 14.7. The summed E-state index contributed by atoms with van der Waals surface area (Å²) in [5.41, 5.74) is 3.16. The molecule has 0 saturated heterocycles. The van der Waals surface area contributed by atoms with E-state index in [1.807, 2.05) is 77.8 Å². The Labute approximate surface area is 152 Å². The van der Waals surface area contributed by atoms with Gasteiger partial charge in [0.2, 0.25) is 0 Å². The van der Waals surface area contributed by atoms with Crippen molar-refractivity contribution in [3.63, 3.8) is 0 Å². The van der Waals surface area contributed by atoms with Crippen molar-refractivity contribution in [1.29, 1.82) is 0 Å². The lowest BCUT2D eigenvalue weighted by Crippen LogP contribution is -2.30. The Morgan fingerprint density at radius 2 is 1.38 bits per heavy atom. The van der Waals surface area contributed by atoms with Crippen LogP contribution in [0, 0.1) is 0 Å². The summed E-state index contributed by atoms with van der Waals surface area (Å²) in [7, 11) is -3.49. The minimum absolute atomic E-state index is 0.339. The Kier molecular flexibility index (Phi) is 3.27. The van der Waals surface area contributed by atoms with Gasteiger partial charge in [0.15, 0.2) is 9.84 Å². The van der Waals surface area contributed by atoms with Gasteiger partial charge in [-0.05, 0) is 29.3 Å². The molecule has 5 rings (SSSR count). The smallest absolute Gasteiger partial charge is 0.189 e. The second-order valence-electron chi connectivity index (χ2n) is 6.48. The molecule has 0 fully saturated rings. The Hall–Kier alpha value is -2.92. The van der Waals surface area contributed by atoms with Crippen LogP contribution in [0.15, 0.2) is 94.9 Å². The van der Waals surface area contributed by atoms with Crippen LogP contribution in [-0.4, -0.2) is 19.4 Å². The number of hydrogen-bond acceptors (Lipinski definition) is 4. The maximum absolute atomic E-state index is 13.3. The fourth-order valence-electron chi connectivity index (χ4n) is 3.88. The van der Waals surface area contributed by atoms with Gasteiger partial charge >= 0.3 is 0 Å². The molecule has 3 aromatic rings. The standard InChI is InChI=1S/C21H16N2O2S/c24-26(25)18-14-8-7-13-17(18)20-21(26)19(15-9-3-1-4-10-15)22-23(20)16-11-5-2-6-12-16/h1-14,20-21H. The first-order chi connectivity index (χ1) is 12.7. The first-order valence-corrected chi connectivity index (χ1v) is 10.0. The zero-order chi connectivity index (χ0) is 17.7. The molecule has 128 valence electrons. The van der Waals surface area contributed by atoms with E-state index in [2.05, 4.69) is 0 Å². The number of nitrogens with zero attached hydrogens (tertiary/aromatic N) is 2. The summed E-state index contributed by atoms with van der Waals surface area (Å²) >= 11 is 0. The van der Waals surface area contributed by atoms with E-state index in [1.165, 1.54) is 0 Å². The monoisotopic (exact) mass is 360 g/mol. The number of hydrazone groups is 1. The number of anilines is 1. The molecule has 0 radical (unpaired) electrons. The average molecular weight is 360 g/mol. The van der Waals surface area contributed by atoms with E-state index in [-0.39, 0.29) is 6.04 Å². The maximum Gasteiger partial charge on any atom is 0.189 e. The van der Waals surface area contributed by atoms with Crippen molar-refractivity contribution < 1.29 is 8.42 Å². The zero-order valence-electron chi connectivity index (χ0n) is 13.9. The van der Waals surface area contributed by atoms with Crippen LogP contribution in [0.2, 0.25) is 0 Å². The van der Waals surface area contributed by atoms with Gasteiger partial charge in [0.05, 0.1) is 16.3 Å². The van der Waals surface area contributed by atoms with Gasteiger partial charge in [-0.15, -0.1) is 0 Å². The first kappa shape index (κ1) is 15.3. The third-order valence-electron chi connectivity index (χ3n) is 5.00. The highest BCUT2D eigenvalue weighted by atomic mass is 32.2.